The molecule has 13 heteroatoms. The van der Waals surface area contributed by atoms with Crippen LogP contribution in [0.1, 0.15) is 29.2 Å². The lowest BCUT2D eigenvalue weighted by atomic mass is 9.94. The van der Waals surface area contributed by atoms with Crippen molar-refractivity contribution in [1.29, 1.82) is 0 Å². The largest absolute Gasteiger partial charge is 0.385 e. The summed E-state index contributed by atoms with van der Waals surface area (Å²) in [4.78, 5) is 0. The van der Waals surface area contributed by atoms with E-state index in [0.717, 1.165) is 25.7 Å². The molecular formula is C24H19F13. The van der Waals surface area contributed by atoms with Gasteiger partial charge in [0.05, 0.1) is 0 Å². The number of benzene rings is 2. The average molecular weight is 554 g/mol. The van der Waals surface area contributed by atoms with Crippen LogP contribution in [0.4, 0.5) is 57.1 Å². The molecule has 0 nitrogen and oxygen atoms in total. The molecule has 0 unspecified atom stereocenters. The highest BCUT2D eigenvalue weighted by Gasteiger charge is 2.86. The number of alkyl halides is 10. The van der Waals surface area contributed by atoms with Gasteiger partial charge in [-0.3, -0.25) is 0 Å². The molecule has 2 aromatic carbocycles. The van der Waals surface area contributed by atoms with Gasteiger partial charge in [0.25, 0.3) is 0 Å². The van der Waals surface area contributed by atoms with Crippen LogP contribution >= 0.6 is 0 Å². The molecule has 0 aliphatic heterocycles. The van der Waals surface area contributed by atoms with Crippen LogP contribution < -0.4 is 0 Å². The normalized spacial score (nSPS) is 14.9. The first-order valence-corrected chi connectivity index (χ1v) is 10.5. The van der Waals surface area contributed by atoms with Gasteiger partial charge in [0.2, 0.25) is 5.83 Å². The lowest BCUT2D eigenvalue weighted by Gasteiger charge is -2.37. The number of hydrogen-bond donors (Lipinski definition) is 0. The van der Waals surface area contributed by atoms with E-state index in [4.69, 9.17) is 0 Å². The Morgan fingerprint density at radius 3 is 0.973 bits per heavy atom. The van der Waals surface area contributed by atoms with E-state index in [1.165, 1.54) is 22.3 Å². The number of hydrogen-bond acceptors (Lipinski definition) is 0. The summed E-state index contributed by atoms with van der Waals surface area (Å²) in [6.07, 6.45) is 0.403. The predicted octanol–water partition coefficient (Wildman–Crippen LogP) is 8.83. The van der Waals surface area contributed by atoms with Gasteiger partial charge in [-0.25, -0.2) is 0 Å². The molecule has 0 heterocycles. The molecule has 4 bridgehead atoms. The molecule has 2 aromatic rings. The zero-order valence-electron chi connectivity index (χ0n) is 18.9. The van der Waals surface area contributed by atoms with Crippen molar-refractivity contribution in [2.45, 2.75) is 62.2 Å². The third-order valence-corrected chi connectivity index (χ3v) is 5.63. The Morgan fingerprint density at radius 2 is 0.757 bits per heavy atom. The summed E-state index contributed by atoms with van der Waals surface area (Å²) >= 11 is 0. The molecule has 0 fully saturated rings. The summed E-state index contributed by atoms with van der Waals surface area (Å²) in [5.41, 5.74) is 5.81. The van der Waals surface area contributed by atoms with Gasteiger partial charge < -0.3 is 0 Å². The summed E-state index contributed by atoms with van der Waals surface area (Å²) in [6, 6.07) is 18.2. The SMILES string of the molecule is CC(F)(F)C(F)(F)C(F)(F)C(F)(F)C(F)(F)C(F)=C(F)F.c1cc2ccc1CCc1ccc(cc1)CC2. The molecule has 0 saturated heterocycles. The zero-order chi connectivity index (χ0) is 28.4. The number of allylic oxidation sites excluding steroid dienone is 1. The average Bonchev–Trinajstić information content (AvgIpc) is 2.79. The van der Waals surface area contributed by atoms with Crippen molar-refractivity contribution in [1.82, 2.24) is 0 Å². The van der Waals surface area contributed by atoms with E-state index >= 15 is 0 Å². The molecule has 0 radical (unpaired) electrons. The second-order valence-corrected chi connectivity index (χ2v) is 8.39. The van der Waals surface area contributed by atoms with Crippen molar-refractivity contribution in [2.24, 2.45) is 0 Å². The highest BCUT2D eigenvalue weighted by molar-refractivity contribution is 5.29. The Morgan fingerprint density at radius 1 is 0.486 bits per heavy atom. The van der Waals surface area contributed by atoms with Crippen molar-refractivity contribution in [3.05, 3.63) is 82.7 Å². The van der Waals surface area contributed by atoms with Gasteiger partial charge in [0.15, 0.2) is 0 Å². The van der Waals surface area contributed by atoms with Gasteiger partial charge in [-0.05, 0) is 47.9 Å². The molecule has 0 N–H and O–H groups in total. The molecule has 6 rings (SSSR count). The van der Waals surface area contributed by atoms with Crippen molar-refractivity contribution in [3.63, 3.8) is 0 Å². The number of aryl methyl sites for hydroxylation is 4. The maximum atomic E-state index is 12.7. The molecule has 0 atom stereocenters. The number of rotatable bonds is 5. The smallest absolute Gasteiger partial charge is 0.200 e. The van der Waals surface area contributed by atoms with E-state index in [9.17, 15) is 57.1 Å². The maximum Gasteiger partial charge on any atom is 0.385 e. The van der Waals surface area contributed by atoms with E-state index in [-0.39, 0.29) is 0 Å². The van der Waals surface area contributed by atoms with Crippen LogP contribution in [0, 0.1) is 0 Å². The van der Waals surface area contributed by atoms with Crippen LogP contribution in [0.5, 0.6) is 0 Å². The van der Waals surface area contributed by atoms with Gasteiger partial charge in [-0.15, -0.1) is 0 Å². The van der Waals surface area contributed by atoms with E-state index in [1.54, 1.807) is 0 Å². The van der Waals surface area contributed by atoms with Crippen LogP contribution in [0.3, 0.4) is 0 Å². The third-order valence-electron chi connectivity index (χ3n) is 5.63. The third kappa shape index (κ3) is 6.06. The Balaban J connectivity index is 0.000000267. The van der Waals surface area contributed by atoms with E-state index in [1.807, 2.05) is 0 Å². The fraction of sp³-hybridized carbons (Fsp3) is 0.417. The molecule has 37 heavy (non-hydrogen) atoms. The molecule has 4 aliphatic rings. The van der Waals surface area contributed by atoms with Gasteiger partial charge in [0, 0.05) is 6.92 Å². The first-order chi connectivity index (χ1) is 16.8. The Hall–Kier alpha value is -2.73. The Kier molecular flexibility index (Phi) is 8.71. The summed E-state index contributed by atoms with van der Waals surface area (Å²) in [6.45, 7) is -1.00. The van der Waals surface area contributed by atoms with Crippen molar-refractivity contribution in [2.75, 3.05) is 0 Å². The second kappa shape index (κ2) is 10.6. The second-order valence-electron chi connectivity index (χ2n) is 8.39. The topological polar surface area (TPSA) is 0 Å². The summed E-state index contributed by atoms with van der Waals surface area (Å²) < 4.78 is 161. The van der Waals surface area contributed by atoms with Crippen molar-refractivity contribution < 1.29 is 57.1 Å². The van der Waals surface area contributed by atoms with Crippen LogP contribution in [0.2, 0.25) is 0 Å². The molecular weight excluding hydrogens is 535 g/mol. The molecule has 0 aromatic heterocycles. The molecule has 0 spiro atoms. The van der Waals surface area contributed by atoms with Crippen LogP contribution in [0.15, 0.2) is 60.4 Å². The molecule has 0 saturated carbocycles. The fourth-order valence-electron chi connectivity index (χ4n) is 3.25. The van der Waals surface area contributed by atoms with Crippen molar-refractivity contribution in [3.8, 4) is 0 Å². The minimum Gasteiger partial charge on any atom is -0.200 e. The Labute approximate surface area is 202 Å². The van der Waals surface area contributed by atoms with E-state index < -0.39 is 48.4 Å². The minimum absolute atomic E-state index is 1.00. The summed E-state index contributed by atoms with van der Waals surface area (Å²) in [5.74, 6) is -39.7. The van der Waals surface area contributed by atoms with E-state index in [0.29, 0.717) is 0 Å². The van der Waals surface area contributed by atoms with Gasteiger partial charge in [-0.1, -0.05) is 48.5 Å². The highest BCUT2D eigenvalue weighted by Crippen LogP contribution is 2.58. The van der Waals surface area contributed by atoms with Crippen molar-refractivity contribution >= 4 is 0 Å². The van der Waals surface area contributed by atoms with Crippen LogP contribution in [0.25, 0.3) is 0 Å². The van der Waals surface area contributed by atoms with Crippen LogP contribution in [-0.2, 0) is 25.7 Å². The first-order valence-electron chi connectivity index (χ1n) is 10.5. The Bertz CT molecular complexity index is 982. The quantitative estimate of drug-likeness (QED) is 0.324. The molecule has 4 aliphatic carbocycles. The molecule has 206 valence electrons. The monoisotopic (exact) mass is 554 g/mol. The summed E-state index contributed by atoms with van der Waals surface area (Å²) in [5, 5.41) is 0. The lowest BCUT2D eigenvalue weighted by Crippen LogP contribution is -2.66. The summed E-state index contributed by atoms with van der Waals surface area (Å²) in [7, 11) is 0. The maximum absolute atomic E-state index is 12.7. The first kappa shape index (κ1) is 30.5. The van der Waals surface area contributed by atoms with Gasteiger partial charge >= 0.3 is 35.7 Å². The van der Waals surface area contributed by atoms with E-state index in [2.05, 4.69) is 48.5 Å². The predicted molar refractivity (Wildman–Crippen MR) is 108 cm³/mol. The standard InChI is InChI=1S/C16H16.C8H3F13/c1-2-14-4-3-13(1)9-10-15-5-7-16(8-6-15)12-11-14;1-4(12,13)6(16,17)8(20,21)7(18,19)5(14,15)2(9)3(10)11/h1-8H,9-12H2;1H3. The van der Waals surface area contributed by atoms with Gasteiger partial charge in [-0.2, -0.15) is 57.1 Å². The highest BCUT2D eigenvalue weighted by atomic mass is 19.4. The zero-order valence-corrected chi connectivity index (χ0v) is 18.9. The van der Waals surface area contributed by atoms with Gasteiger partial charge in [0.1, 0.15) is 0 Å². The number of halogens is 13. The minimum atomic E-state index is -7.57. The lowest BCUT2D eigenvalue weighted by molar-refractivity contribution is -0.395. The molecule has 0 amide bonds. The fourth-order valence-corrected chi connectivity index (χ4v) is 3.25. The van der Waals surface area contributed by atoms with Crippen LogP contribution in [-0.4, -0.2) is 29.6 Å².